The van der Waals surface area contributed by atoms with Crippen molar-refractivity contribution in [3.8, 4) is 11.3 Å². The summed E-state index contributed by atoms with van der Waals surface area (Å²) in [6.45, 7) is 2.20. The van der Waals surface area contributed by atoms with E-state index in [1.54, 1.807) is 0 Å². The van der Waals surface area contributed by atoms with Crippen LogP contribution < -0.4 is 15.8 Å². The van der Waals surface area contributed by atoms with Gasteiger partial charge in [0, 0.05) is 47.2 Å². The van der Waals surface area contributed by atoms with Crippen molar-refractivity contribution in [3.63, 3.8) is 0 Å². The minimum absolute atomic E-state index is 0.326. The van der Waals surface area contributed by atoms with E-state index in [4.69, 9.17) is 22.3 Å². The Kier molecular flexibility index (Phi) is 7.65. The van der Waals surface area contributed by atoms with Crippen LogP contribution in [0.1, 0.15) is 44.6 Å². The molecular formula is C27H32ClN7S. The zero-order valence-corrected chi connectivity index (χ0v) is 22.2. The van der Waals surface area contributed by atoms with Crippen molar-refractivity contribution in [2.24, 2.45) is 12.8 Å². The Bertz CT molecular complexity index is 1350. The average Bonchev–Trinajstić information content (AvgIpc) is 3.25. The quantitative estimate of drug-likeness (QED) is 0.230. The zero-order valence-electron chi connectivity index (χ0n) is 20.7. The van der Waals surface area contributed by atoms with E-state index < -0.39 is 0 Å². The summed E-state index contributed by atoms with van der Waals surface area (Å²) in [5.74, 6) is 1.48. The fourth-order valence-electron chi connectivity index (χ4n) is 4.76. The second-order valence-electron chi connectivity index (χ2n) is 9.45. The molecule has 1 fully saturated rings. The van der Waals surface area contributed by atoms with E-state index in [0.717, 1.165) is 71.4 Å². The molecule has 9 heteroatoms. The molecule has 1 aliphatic carbocycles. The van der Waals surface area contributed by atoms with Crippen LogP contribution in [0.2, 0.25) is 5.02 Å². The number of nitrogens with zero attached hydrogens (tertiary/aromatic N) is 4. The van der Waals surface area contributed by atoms with Gasteiger partial charge in [0.1, 0.15) is 0 Å². The maximum atomic E-state index is 6.29. The van der Waals surface area contributed by atoms with Gasteiger partial charge >= 0.3 is 0 Å². The summed E-state index contributed by atoms with van der Waals surface area (Å²) in [5.41, 5.74) is 10.4. The zero-order chi connectivity index (χ0) is 25.1. The number of nitrogens with one attached hydrogen (secondary N) is 2. The average molecular weight is 522 g/mol. The van der Waals surface area contributed by atoms with Gasteiger partial charge in [-0.2, -0.15) is 5.10 Å². The SMILES string of the molecule is CCCc1cc(-c2cc(NSc3ccccc3Cl)nn2C)cc2cnc(N[C@H]3CC[C@H](N)CC3)nc12. The molecule has 0 aliphatic heterocycles. The third-order valence-electron chi connectivity index (χ3n) is 6.66. The molecule has 0 unspecified atom stereocenters. The summed E-state index contributed by atoms with van der Waals surface area (Å²) in [6.07, 6.45) is 8.15. The highest BCUT2D eigenvalue weighted by atomic mass is 35.5. The van der Waals surface area contributed by atoms with E-state index in [2.05, 4.69) is 45.2 Å². The smallest absolute Gasteiger partial charge is 0.223 e. The van der Waals surface area contributed by atoms with Gasteiger partial charge in [-0.1, -0.05) is 37.1 Å². The third kappa shape index (κ3) is 5.61. The summed E-state index contributed by atoms with van der Waals surface area (Å²) in [5, 5.41) is 9.95. The monoisotopic (exact) mass is 521 g/mol. The number of nitrogens with two attached hydrogens (primary N) is 1. The van der Waals surface area contributed by atoms with Crippen LogP contribution in [-0.4, -0.2) is 31.8 Å². The van der Waals surface area contributed by atoms with E-state index in [9.17, 15) is 0 Å². The first kappa shape index (κ1) is 24.9. The van der Waals surface area contributed by atoms with Gasteiger partial charge in [-0.15, -0.1) is 0 Å². The lowest BCUT2D eigenvalue weighted by Crippen LogP contribution is -2.33. The van der Waals surface area contributed by atoms with E-state index in [1.165, 1.54) is 17.5 Å². The molecule has 36 heavy (non-hydrogen) atoms. The van der Waals surface area contributed by atoms with E-state index in [-0.39, 0.29) is 0 Å². The molecule has 0 atom stereocenters. The fraction of sp³-hybridized carbons (Fsp3) is 0.370. The van der Waals surface area contributed by atoms with E-state index in [0.29, 0.717) is 23.1 Å². The fourth-order valence-corrected chi connectivity index (χ4v) is 5.64. The molecule has 2 heterocycles. The molecule has 1 aliphatic rings. The largest absolute Gasteiger partial charge is 0.351 e. The number of halogens is 1. The van der Waals surface area contributed by atoms with Crippen LogP contribution in [0.3, 0.4) is 0 Å². The van der Waals surface area contributed by atoms with Crippen molar-refractivity contribution in [2.75, 3.05) is 10.0 Å². The Morgan fingerprint density at radius 3 is 2.72 bits per heavy atom. The number of hydrogen-bond donors (Lipinski definition) is 3. The number of hydrogen-bond acceptors (Lipinski definition) is 7. The van der Waals surface area contributed by atoms with Crippen LogP contribution in [0.5, 0.6) is 0 Å². The van der Waals surface area contributed by atoms with Crippen molar-refractivity contribution in [1.82, 2.24) is 19.7 Å². The molecule has 2 aromatic carbocycles. The predicted molar refractivity (Wildman–Crippen MR) is 151 cm³/mol. The second kappa shape index (κ2) is 11.1. The molecule has 0 amide bonds. The van der Waals surface area contributed by atoms with Gasteiger partial charge in [-0.05, 0) is 73.9 Å². The summed E-state index contributed by atoms with van der Waals surface area (Å²) < 4.78 is 5.22. The summed E-state index contributed by atoms with van der Waals surface area (Å²) in [4.78, 5) is 10.5. The van der Waals surface area contributed by atoms with Gasteiger partial charge in [-0.25, -0.2) is 9.97 Å². The first-order valence-corrected chi connectivity index (χ1v) is 13.7. The lowest BCUT2D eigenvalue weighted by Gasteiger charge is -2.26. The highest BCUT2D eigenvalue weighted by Gasteiger charge is 2.19. The molecule has 0 saturated heterocycles. The lowest BCUT2D eigenvalue weighted by atomic mass is 9.92. The number of rotatable bonds is 8. The van der Waals surface area contributed by atoms with Crippen LogP contribution in [0.25, 0.3) is 22.2 Å². The predicted octanol–water partition coefficient (Wildman–Crippen LogP) is 6.44. The van der Waals surface area contributed by atoms with Gasteiger partial charge in [0.2, 0.25) is 5.95 Å². The maximum absolute atomic E-state index is 6.29. The Balaban J connectivity index is 1.40. The number of benzene rings is 2. The maximum Gasteiger partial charge on any atom is 0.223 e. The molecule has 4 N–H and O–H groups in total. The van der Waals surface area contributed by atoms with Gasteiger partial charge < -0.3 is 15.8 Å². The minimum Gasteiger partial charge on any atom is -0.351 e. The van der Waals surface area contributed by atoms with Crippen LogP contribution in [0.15, 0.2) is 53.6 Å². The summed E-state index contributed by atoms with van der Waals surface area (Å²) in [7, 11) is 1.96. The first-order chi connectivity index (χ1) is 17.5. The molecule has 7 nitrogen and oxygen atoms in total. The Morgan fingerprint density at radius 2 is 1.94 bits per heavy atom. The van der Waals surface area contributed by atoms with Crippen molar-refractivity contribution < 1.29 is 0 Å². The van der Waals surface area contributed by atoms with Gasteiger partial charge in [0.15, 0.2) is 5.82 Å². The van der Waals surface area contributed by atoms with Gasteiger partial charge in [-0.3, -0.25) is 4.68 Å². The van der Waals surface area contributed by atoms with Crippen LogP contribution in [0, 0.1) is 0 Å². The first-order valence-electron chi connectivity index (χ1n) is 12.5. The number of aryl methyl sites for hydroxylation is 2. The molecule has 0 radical (unpaired) electrons. The standard InChI is InChI=1S/C27H32ClN7S/c1-3-6-17-13-18(23-15-25(33-35(23)2)34-36-24-8-5-4-7-22(24)28)14-19-16-30-27(32-26(17)19)31-21-11-9-20(29)10-12-21/h4-5,7-8,13-16,20-21H,3,6,9-12,29H2,1-2H3,(H,33,34)(H,30,31,32)/t20-,21-. The summed E-state index contributed by atoms with van der Waals surface area (Å²) >= 11 is 7.74. The van der Waals surface area contributed by atoms with Crippen LogP contribution >= 0.6 is 23.5 Å². The second-order valence-corrected chi connectivity index (χ2v) is 10.7. The topological polar surface area (TPSA) is 93.7 Å². The molecule has 5 rings (SSSR count). The summed E-state index contributed by atoms with van der Waals surface area (Å²) in [6, 6.07) is 14.9. The number of aromatic nitrogens is 4. The molecule has 0 spiro atoms. The number of fused-ring (bicyclic) bond motifs is 1. The molecule has 1 saturated carbocycles. The van der Waals surface area contributed by atoms with Crippen molar-refractivity contribution in [1.29, 1.82) is 0 Å². The van der Waals surface area contributed by atoms with Gasteiger partial charge in [0.25, 0.3) is 0 Å². The highest BCUT2D eigenvalue weighted by molar-refractivity contribution is 8.00. The molecular weight excluding hydrogens is 490 g/mol. The Hall–Kier alpha value is -2.81. The van der Waals surface area contributed by atoms with Gasteiger partial charge in [0.05, 0.1) is 16.2 Å². The number of anilines is 2. The molecule has 4 aromatic rings. The molecule has 0 bridgehead atoms. The lowest BCUT2D eigenvalue weighted by molar-refractivity contribution is 0.410. The van der Waals surface area contributed by atoms with Crippen molar-refractivity contribution in [2.45, 2.75) is 62.4 Å². The van der Waals surface area contributed by atoms with Crippen LogP contribution in [-0.2, 0) is 13.5 Å². The van der Waals surface area contributed by atoms with Crippen molar-refractivity contribution in [3.05, 3.63) is 59.2 Å². The van der Waals surface area contributed by atoms with E-state index in [1.807, 2.05) is 42.2 Å². The minimum atomic E-state index is 0.326. The normalized spacial score (nSPS) is 17.9. The third-order valence-corrected chi connectivity index (χ3v) is 7.99. The molecule has 2 aromatic heterocycles. The van der Waals surface area contributed by atoms with Crippen LogP contribution in [0.4, 0.5) is 11.8 Å². The highest BCUT2D eigenvalue weighted by Crippen LogP contribution is 2.32. The van der Waals surface area contributed by atoms with Crippen molar-refractivity contribution >= 4 is 46.2 Å². The molecule has 188 valence electrons. The Morgan fingerprint density at radius 1 is 1.14 bits per heavy atom. The van der Waals surface area contributed by atoms with E-state index >= 15 is 0 Å². The Labute approximate surface area is 221 Å².